The van der Waals surface area contributed by atoms with Gasteiger partial charge in [0.1, 0.15) is 0 Å². The van der Waals surface area contributed by atoms with Crippen LogP contribution in [-0.4, -0.2) is 20.2 Å². The topological polar surface area (TPSA) is 64.2 Å². The van der Waals surface area contributed by atoms with E-state index in [1.807, 2.05) is 33.4 Å². The number of carboxylic acid groups (broad SMARTS) is 1. The molecule has 1 fully saturated rings. The number of rotatable bonds is 5. The van der Waals surface area contributed by atoms with Crippen LogP contribution in [0.3, 0.4) is 0 Å². The number of imidazole rings is 1. The minimum atomic E-state index is -0.689. The third kappa shape index (κ3) is 3.59. The van der Waals surface area contributed by atoms with Crippen LogP contribution >= 0.6 is 11.3 Å². The summed E-state index contributed by atoms with van der Waals surface area (Å²) < 4.78 is 5.05. The number of aromatic nitrogens is 2. The van der Waals surface area contributed by atoms with Crippen LogP contribution in [0.2, 0.25) is 0 Å². The molecule has 0 spiro atoms. The molecule has 6 heteroatoms. The first-order valence-corrected chi connectivity index (χ1v) is 11.8. The van der Waals surface area contributed by atoms with Crippen molar-refractivity contribution >= 4 is 38.4 Å². The Labute approximate surface area is 184 Å². The van der Waals surface area contributed by atoms with Gasteiger partial charge in [-0.05, 0) is 73.2 Å². The van der Waals surface area contributed by atoms with Gasteiger partial charge in [-0.3, -0.25) is 13.9 Å². The normalized spacial score (nSPS) is 19.3. The number of aliphatic carboxylic acids is 1. The summed E-state index contributed by atoms with van der Waals surface area (Å²) >= 11 is 1.73. The maximum absolute atomic E-state index is 13.5. The average Bonchev–Trinajstić information content (AvgIpc) is 3.30. The van der Waals surface area contributed by atoms with Gasteiger partial charge in [-0.2, -0.15) is 0 Å². The van der Waals surface area contributed by atoms with Gasteiger partial charge in [0, 0.05) is 16.6 Å². The predicted molar refractivity (Wildman–Crippen MR) is 125 cm³/mol. The number of hydrogen-bond donors (Lipinski definition) is 1. The maximum Gasteiger partial charge on any atom is 0.329 e. The standard InChI is InChI=1S/C25H26N2O3S/c1-16-5-4-8-22-23(16)19(15-31-22)14-27-21-7-3-2-6-20(21)26(25(27)30)13-17-9-11-18(12-10-17)24(28)29/h2-8,15,17-18H,9-14H2,1H3,(H,28,29). The van der Waals surface area contributed by atoms with E-state index in [0.717, 1.165) is 23.9 Å². The Kier molecular flexibility index (Phi) is 5.18. The molecule has 0 amide bonds. The Morgan fingerprint density at radius 2 is 1.74 bits per heavy atom. The number of hydrogen-bond acceptors (Lipinski definition) is 3. The van der Waals surface area contributed by atoms with E-state index in [1.54, 1.807) is 11.3 Å². The SMILES string of the molecule is Cc1cccc2scc(Cn3c(=O)n(CC4CCC(C(=O)O)CC4)c4ccccc43)c12. The van der Waals surface area contributed by atoms with Gasteiger partial charge in [0.15, 0.2) is 0 Å². The molecule has 2 aromatic carbocycles. The van der Waals surface area contributed by atoms with Crippen molar-refractivity contribution in [3.8, 4) is 0 Å². The molecule has 5 rings (SSSR count). The summed E-state index contributed by atoms with van der Waals surface area (Å²) in [4.78, 5) is 24.8. The van der Waals surface area contributed by atoms with Crippen LogP contribution < -0.4 is 5.69 Å². The van der Waals surface area contributed by atoms with Crippen LogP contribution in [0, 0.1) is 18.8 Å². The molecule has 1 aliphatic carbocycles. The lowest BCUT2D eigenvalue weighted by molar-refractivity contribution is -0.143. The van der Waals surface area contributed by atoms with Crippen LogP contribution in [0.4, 0.5) is 0 Å². The lowest BCUT2D eigenvalue weighted by atomic mass is 9.82. The highest BCUT2D eigenvalue weighted by Crippen LogP contribution is 2.32. The number of thiophene rings is 1. The Morgan fingerprint density at radius 3 is 2.45 bits per heavy atom. The Hall–Kier alpha value is -2.86. The number of aryl methyl sites for hydroxylation is 1. The Balaban J connectivity index is 1.50. The molecule has 0 bridgehead atoms. The van der Waals surface area contributed by atoms with Gasteiger partial charge in [0.05, 0.1) is 23.5 Å². The molecule has 1 N–H and O–H groups in total. The van der Waals surface area contributed by atoms with E-state index in [2.05, 4.69) is 30.5 Å². The highest BCUT2D eigenvalue weighted by molar-refractivity contribution is 7.17. The van der Waals surface area contributed by atoms with Crippen molar-refractivity contribution in [2.75, 3.05) is 0 Å². The molecular formula is C25H26N2O3S. The zero-order valence-corrected chi connectivity index (χ0v) is 18.4. The average molecular weight is 435 g/mol. The molecule has 0 saturated heterocycles. The number of carboxylic acids is 1. The first-order valence-electron chi connectivity index (χ1n) is 10.9. The van der Waals surface area contributed by atoms with Crippen molar-refractivity contribution in [1.29, 1.82) is 0 Å². The zero-order valence-electron chi connectivity index (χ0n) is 17.6. The molecule has 1 saturated carbocycles. The molecular weight excluding hydrogens is 408 g/mol. The molecule has 31 heavy (non-hydrogen) atoms. The van der Waals surface area contributed by atoms with Crippen molar-refractivity contribution in [1.82, 2.24) is 9.13 Å². The summed E-state index contributed by atoms with van der Waals surface area (Å²) in [5.74, 6) is -0.577. The quantitative estimate of drug-likeness (QED) is 0.466. The van der Waals surface area contributed by atoms with Crippen molar-refractivity contribution < 1.29 is 9.90 Å². The largest absolute Gasteiger partial charge is 0.481 e. The van der Waals surface area contributed by atoms with E-state index >= 15 is 0 Å². The monoisotopic (exact) mass is 434 g/mol. The second kappa shape index (κ2) is 8.00. The minimum absolute atomic E-state index is 0.0227. The Bertz CT molecular complexity index is 1320. The van der Waals surface area contributed by atoms with Gasteiger partial charge >= 0.3 is 11.7 Å². The first kappa shape index (κ1) is 20.1. The summed E-state index contributed by atoms with van der Waals surface area (Å²) in [5.41, 5.74) is 4.36. The van der Waals surface area contributed by atoms with Gasteiger partial charge in [-0.15, -0.1) is 11.3 Å². The number of benzene rings is 2. The van der Waals surface area contributed by atoms with E-state index in [0.29, 0.717) is 31.8 Å². The van der Waals surface area contributed by atoms with Crippen LogP contribution in [0.25, 0.3) is 21.1 Å². The van der Waals surface area contributed by atoms with E-state index in [1.165, 1.54) is 21.2 Å². The van der Waals surface area contributed by atoms with Crippen LogP contribution in [-0.2, 0) is 17.9 Å². The van der Waals surface area contributed by atoms with Gasteiger partial charge < -0.3 is 5.11 Å². The predicted octanol–water partition coefficient (Wildman–Crippen LogP) is 5.27. The molecule has 0 aliphatic heterocycles. The van der Waals surface area contributed by atoms with Crippen molar-refractivity contribution in [2.45, 2.75) is 45.7 Å². The molecule has 0 radical (unpaired) electrons. The number of para-hydroxylation sites is 2. The third-order valence-electron chi connectivity index (χ3n) is 6.77. The molecule has 1 aliphatic rings. The van der Waals surface area contributed by atoms with Crippen molar-refractivity contribution in [3.63, 3.8) is 0 Å². The van der Waals surface area contributed by atoms with E-state index in [9.17, 15) is 14.7 Å². The van der Waals surface area contributed by atoms with Gasteiger partial charge in [-0.1, -0.05) is 24.3 Å². The van der Waals surface area contributed by atoms with E-state index in [4.69, 9.17) is 0 Å². The molecule has 5 nitrogen and oxygen atoms in total. The van der Waals surface area contributed by atoms with Gasteiger partial charge in [0.2, 0.25) is 0 Å². The van der Waals surface area contributed by atoms with Crippen LogP contribution in [0.5, 0.6) is 0 Å². The summed E-state index contributed by atoms with van der Waals surface area (Å²) in [6, 6.07) is 14.3. The number of nitrogens with zero attached hydrogens (tertiary/aromatic N) is 2. The molecule has 0 atom stereocenters. The highest BCUT2D eigenvalue weighted by Gasteiger charge is 2.27. The minimum Gasteiger partial charge on any atom is -0.481 e. The zero-order chi connectivity index (χ0) is 21.5. The second-order valence-electron chi connectivity index (χ2n) is 8.73. The highest BCUT2D eigenvalue weighted by atomic mass is 32.1. The third-order valence-corrected chi connectivity index (χ3v) is 7.77. The van der Waals surface area contributed by atoms with E-state index < -0.39 is 5.97 Å². The molecule has 2 heterocycles. The van der Waals surface area contributed by atoms with E-state index in [-0.39, 0.29) is 11.6 Å². The fourth-order valence-electron chi connectivity index (χ4n) is 5.08. The molecule has 4 aromatic rings. The summed E-state index contributed by atoms with van der Waals surface area (Å²) in [5, 5.41) is 12.7. The van der Waals surface area contributed by atoms with Crippen molar-refractivity contribution in [2.24, 2.45) is 11.8 Å². The maximum atomic E-state index is 13.5. The Morgan fingerprint density at radius 1 is 1.03 bits per heavy atom. The fraction of sp³-hybridized carbons (Fsp3) is 0.360. The second-order valence-corrected chi connectivity index (χ2v) is 9.64. The lowest BCUT2D eigenvalue weighted by Crippen LogP contribution is -2.29. The molecule has 160 valence electrons. The number of fused-ring (bicyclic) bond motifs is 2. The lowest BCUT2D eigenvalue weighted by Gasteiger charge is -2.26. The van der Waals surface area contributed by atoms with Gasteiger partial charge in [0.25, 0.3) is 0 Å². The van der Waals surface area contributed by atoms with Crippen molar-refractivity contribution in [3.05, 3.63) is 69.5 Å². The molecule has 2 aromatic heterocycles. The molecule has 0 unspecified atom stereocenters. The van der Waals surface area contributed by atoms with Crippen LogP contribution in [0.15, 0.2) is 52.6 Å². The van der Waals surface area contributed by atoms with Gasteiger partial charge in [-0.25, -0.2) is 4.79 Å². The summed E-state index contributed by atoms with van der Waals surface area (Å²) in [6.07, 6.45) is 3.12. The first-order chi connectivity index (χ1) is 15.0. The fourth-order valence-corrected chi connectivity index (χ4v) is 6.11. The summed E-state index contributed by atoms with van der Waals surface area (Å²) in [7, 11) is 0. The van der Waals surface area contributed by atoms with Crippen LogP contribution in [0.1, 0.15) is 36.8 Å². The summed E-state index contributed by atoms with van der Waals surface area (Å²) in [6.45, 7) is 3.34. The smallest absolute Gasteiger partial charge is 0.329 e. The number of carbonyl (C=O) groups is 1.